The van der Waals surface area contributed by atoms with Crippen LogP contribution >= 0.6 is 15.9 Å². The number of halogens is 2. The average molecular weight is 368 g/mol. The first kappa shape index (κ1) is 16.8. The van der Waals surface area contributed by atoms with Crippen LogP contribution in [0.1, 0.15) is 18.1 Å². The second kappa shape index (κ2) is 8.15. The van der Waals surface area contributed by atoms with Gasteiger partial charge in [-0.05, 0) is 36.8 Å². The number of methoxy groups -OCH3 is 1. The second-order valence-corrected chi connectivity index (χ2v) is 5.57. The zero-order chi connectivity index (χ0) is 15.9. The highest BCUT2D eigenvalue weighted by Gasteiger charge is 2.13. The summed E-state index contributed by atoms with van der Waals surface area (Å²) in [7, 11) is 1.63. The van der Waals surface area contributed by atoms with Crippen molar-refractivity contribution in [1.29, 1.82) is 0 Å². The van der Waals surface area contributed by atoms with Gasteiger partial charge in [-0.2, -0.15) is 0 Å². The van der Waals surface area contributed by atoms with Gasteiger partial charge in [0.05, 0.1) is 13.7 Å². The van der Waals surface area contributed by atoms with Crippen molar-refractivity contribution in [1.82, 2.24) is 5.32 Å². The van der Waals surface area contributed by atoms with Crippen molar-refractivity contribution >= 4 is 15.9 Å². The third kappa shape index (κ3) is 4.21. The highest BCUT2D eigenvalue weighted by Crippen LogP contribution is 2.36. The Morgan fingerprint density at radius 1 is 1.09 bits per heavy atom. The number of benzene rings is 2. The summed E-state index contributed by atoms with van der Waals surface area (Å²) in [6.45, 7) is 3.77. The van der Waals surface area contributed by atoms with Crippen LogP contribution in [0.4, 0.5) is 4.39 Å². The van der Waals surface area contributed by atoms with E-state index >= 15 is 0 Å². The van der Waals surface area contributed by atoms with Gasteiger partial charge in [0.2, 0.25) is 0 Å². The second-order valence-electron chi connectivity index (χ2n) is 4.72. The summed E-state index contributed by atoms with van der Waals surface area (Å²) in [5, 5.41) is 3.34. The summed E-state index contributed by atoms with van der Waals surface area (Å²) >= 11 is 3.55. The lowest BCUT2D eigenvalue weighted by atomic mass is 10.1. The SMILES string of the molecule is CCOc1c(OC)ccc(Br)c1CNCc1ccc(F)cc1. The number of hydrogen-bond acceptors (Lipinski definition) is 3. The molecule has 3 nitrogen and oxygen atoms in total. The van der Waals surface area contributed by atoms with E-state index in [1.165, 1.54) is 12.1 Å². The van der Waals surface area contributed by atoms with Crippen molar-refractivity contribution in [3.8, 4) is 11.5 Å². The molecule has 0 aliphatic carbocycles. The van der Waals surface area contributed by atoms with E-state index in [4.69, 9.17) is 9.47 Å². The lowest BCUT2D eigenvalue weighted by Crippen LogP contribution is -2.14. The fourth-order valence-electron chi connectivity index (χ4n) is 2.14. The Morgan fingerprint density at radius 3 is 2.45 bits per heavy atom. The molecule has 0 heterocycles. The van der Waals surface area contributed by atoms with Gasteiger partial charge in [-0.1, -0.05) is 28.1 Å². The van der Waals surface area contributed by atoms with Crippen LogP contribution < -0.4 is 14.8 Å². The van der Waals surface area contributed by atoms with E-state index in [9.17, 15) is 4.39 Å². The summed E-state index contributed by atoms with van der Waals surface area (Å²) < 4.78 is 24.9. The average Bonchev–Trinajstić information content (AvgIpc) is 2.52. The standard InChI is InChI=1S/C17H19BrFNO2/c1-3-22-17-14(15(18)8-9-16(17)21-2)11-20-10-12-4-6-13(19)7-5-12/h4-9,20H,3,10-11H2,1-2H3. The van der Waals surface area contributed by atoms with Gasteiger partial charge in [-0.3, -0.25) is 0 Å². The Balaban J connectivity index is 2.09. The molecule has 2 aromatic rings. The minimum absolute atomic E-state index is 0.224. The predicted molar refractivity (Wildman–Crippen MR) is 88.8 cm³/mol. The van der Waals surface area contributed by atoms with Crippen molar-refractivity contribution in [2.24, 2.45) is 0 Å². The number of nitrogens with one attached hydrogen (secondary N) is 1. The minimum Gasteiger partial charge on any atom is -0.493 e. The molecule has 0 aliphatic heterocycles. The maximum absolute atomic E-state index is 12.9. The van der Waals surface area contributed by atoms with Gasteiger partial charge in [0, 0.05) is 23.1 Å². The molecule has 1 N–H and O–H groups in total. The zero-order valence-corrected chi connectivity index (χ0v) is 14.2. The van der Waals surface area contributed by atoms with Crippen LogP contribution in [0.3, 0.4) is 0 Å². The molecular formula is C17H19BrFNO2. The van der Waals surface area contributed by atoms with Gasteiger partial charge in [0.1, 0.15) is 5.82 Å². The van der Waals surface area contributed by atoms with E-state index in [0.29, 0.717) is 25.4 Å². The topological polar surface area (TPSA) is 30.5 Å². The fourth-order valence-corrected chi connectivity index (χ4v) is 2.60. The van der Waals surface area contributed by atoms with E-state index in [1.54, 1.807) is 19.2 Å². The Hall–Kier alpha value is -1.59. The highest BCUT2D eigenvalue weighted by molar-refractivity contribution is 9.10. The van der Waals surface area contributed by atoms with Crippen LogP contribution in [0.15, 0.2) is 40.9 Å². The van der Waals surface area contributed by atoms with Crippen LogP contribution in [0, 0.1) is 5.82 Å². The Bertz CT molecular complexity index is 617. The molecule has 0 bridgehead atoms. The van der Waals surface area contributed by atoms with E-state index in [0.717, 1.165) is 21.3 Å². The molecule has 2 aromatic carbocycles. The zero-order valence-electron chi connectivity index (χ0n) is 12.7. The van der Waals surface area contributed by atoms with Gasteiger partial charge in [-0.15, -0.1) is 0 Å². The first-order valence-electron chi connectivity index (χ1n) is 7.09. The van der Waals surface area contributed by atoms with E-state index in [1.807, 2.05) is 19.1 Å². The molecule has 0 radical (unpaired) electrons. The first-order valence-corrected chi connectivity index (χ1v) is 7.88. The van der Waals surface area contributed by atoms with E-state index < -0.39 is 0 Å². The molecule has 0 unspecified atom stereocenters. The van der Waals surface area contributed by atoms with Crippen LogP contribution in [-0.4, -0.2) is 13.7 Å². The molecule has 0 fully saturated rings. The summed E-state index contributed by atoms with van der Waals surface area (Å²) in [5.41, 5.74) is 2.03. The van der Waals surface area contributed by atoms with Gasteiger partial charge in [0.25, 0.3) is 0 Å². The molecule has 5 heteroatoms. The number of ether oxygens (including phenoxy) is 2. The lowest BCUT2D eigenvalue weighted by Gasteiger charge is -2.16. The van der Waals surface area contributed by atoms with Crippen molar-refractivity contribution in [3.63, 3.8) is 0 Å². The molecule has 0 aromatic heterocycles. The molecule has 2 rings (SSSR count). The molecular weight excluding hydrogens is 349 g/mol. The van der Waals surface area contributed by atoms with Crippen molar-refractivity contribution in [3.05, 3.63) is 57.8 Å². The molecule has 0 saturated heterocycles. The molecule has 0 spiro atoms. The Labute approximate surface area is 138 Å². The quantitative estimate of drug-likeness (QED) is 0.791. The van der Waals surface area contributed by atoms with E-state index in [2.05, 4.69) is 21.2 Å². The van der Waals surface area contributed by atoms with Crippen LogP contribution in [0.2, 0.25) is 0 Å². The van der Waals surface area contributed by atoms with Crippen LogP contribution in [-0.2, 0) is 13.1 Å². The van der Waals surface area contributed by atoms with Crippen molar-refractivity contribution in [2.75, 3.05) is 13.7 Å². The molecule has 0 saturated carbocycles. The summed E-state index contributed by atoms with van der Waals surface area (Å²) in [6, 6.07) is 10.3. The highest BCUT2D eigenvalue weighted by atomic mass is 79.9. The largest absolute Gasteiger partial charge is 0.493 e. The van der Waals surface area contributed by atoms with Gasteiger partial charge < -0.3 is 14.8 Å². The van der Waals surface area contributed by atoms with Gasteiger partial charge in [0.15, 0.2) is 11.5 Å². The van der Waals surface area contributed by atoms with Gasteiger partial charge in [-0.25, -0.2) is 4.39 Å². The summed E-state index contributed by atoms with van der Waals surface area (Å²) in [5.74, 6) is 1.23. The molecule has 0 amide bonds. The van der Waals surface area contributed by atoms with Crippen LogP contribution in [0.25, 0.3) is 0 Å². The Kier molecular flexibility index (Phi) is 6.21. The molecule has 0 atom stereocenters. The van der Waals surface area contributed by atoms with Crippen molar-refractivity contribution in [2.45, 2.75) is 20.0 Å². The van der Waals surface area contributed by atoms with Crippen LogP contribution in [0.5, 0.6) is 11.5 Å². The third-order valence-electron chi connectivity index (χ3n) is 3.22. The normalized spacial score (nSPS) is 10.5. The lowest BCUT2D eigenvalue weighted by molar-refractivity contribution is 0.306. The van der Waals surface area contributed by atoms with Gasteiger partial charge >= 0.3 is 0 Å². The summed E-state index contributed by atoms with van der Waals surface area (Å²) in [6.07, 6.45) is 0. The maximum atomic E-state index is 12.9. The molecule has 0 aliphatic rings. The minimum atomic E-state index is -0.224. The predicted octanol–water partition coefficient (Wildman–Crippen LogP) is 4.29. The first-order chi connectivity index (χ1) is 10.7. The molecule has 118 valence electrons. The van der Waals surface area contributed by atoms with E-state index in [-0.39, 0.29) is 5.82 Å². The number of rotatable bonds is 7. The molecule has 22 heavy (non-hydrogen) atoms. The maximum Gasteiger partial charge on any atom is 0.166 e. The monoisotopic (exact) mass is 367 g/mol. The smallest absolute Gasteiger partial charge is 0.166 e. The van der Waals surface area contributed by atoms with Crippen molar-refractivity contribution < 1.29 is 13.9 Å². The third-order valence-corrected chi connectivity index (χ3v) is 3.96. The Morgan fingerprint density at radius 2 is 1.82 bits per heavy atom. The number of hydrogen-bond donors (Lipinski definition) is 1. The fraction of sp³-hybridized carbons (Fsp3) is 0.294. The summed E-state index contributed by atoms with van der Waals surface area (Å²) in [4.78, 5) is 0.